The molecule has 0 atom stereocenters. The molecule has 2 heterocycles. The monoisotopic (exact) mass is 269 g/mol. The average molecular weight is 269 g/mol. The molecule has 6 heteroatoms. The van der Waals surface area contributed by atoms with E-state index in [1.807, 2.05) is 27.7 Å². The van der Waals surface area contributed by atoms with Gasteiger partial charge in [-0.1, -0.05) is 0 Å². The number of hydrogen-bond acceptors (Lipinski definition) is 3. The second-order valence-corrected chi connectivity index (χ2v) is 5.86. The van der Waals surface area contributed by atoms with Crippen molar-refractivity contribution < 1.29 is 18.1 Å². The van der Waals surface area contributed by atoms with Gasteiger partial charge in [0.2, 0.25) is 0 Å². The first kappa shape index (κ1) is 14.4. The molecule has 3 nitrogen and oxygen atoms in total. The Bertz CT molecular complexity index is 476. The molecule has 0 radical (unpaired) electrons. The smallest absolute Gasteiger partial charge is 0.399 e. The van der Waals surface area contributed by atoms with Crippen LogP contribution in [-0.2, 0) is 9.31 Å². The summed E-state index contributed by atoms with van der Waals surface area (Å²) >= 11 is 0. The molecule has 1 saturated heterocycles. The van der Waals surface area contributed by atoms with Crippen molar-refractivity contribution in [3.05, 3.63) is 23.5 Å². The number of halogens is 2. The molecule has 1 aromatic heterocycles. The number of aromatic nitrogens is 1. The Morgan fingerprint density at radius 3 is 2.11 bits per heavy atom. The summed E-state index contributed by atoms with van der Waals surface area (Å²) in [6.45, 7) is 9.38. The normalized spacial score (nSPS) is 21.2. The molecule has 19 heavy (non-hydrogen) atoms. The van der Waals surface area contributed by atoms with Gasteiger partial charge in [0.15, 0.2) is 0 Å². The van der Waals surface area contributed by atoms with E-state index in [9.17, 15) is 8.78 Å². The summed E-state index contributed by atoms with van der Waals surface area (Å²) in [6, 6.07) is 3.06. The first-order valence-corrected chi connectivity index (χ1v) is 6.25. The minimum Gasteiger partial charge on any atom is -0.399 e. The van der Waals surface area contributed by atoms with Crippen molar-refractivity contribution in [3.63, 3.8) is 0 Å². The van der Waals surface area contributed by atoms with Crippen LogP contribution in [0, 0.1) is 6.92 Å². The van der Waals surface area contributed by atoms with Crippen LogP contribution < -0.4 is 5.46 Å². The highest BCUT2D eigenvalue weighted by molar-refractivity contribution is 6.62. The number of nitrogens with zero attached hydrogens (tertiary/aromatic N) is 1. The highest BCUT2D eigenvalue weighted by Crippen LogP contribution is 2.36. The van der Waals surface area contributed by atoms with Gasteiger partial charge < -0.3 is 9.31 Å². The predicted molar refractivity (Wildman–Crippen MR) is 69.6 cm³/mol. The number of rotatable bonds is 2. The summed E-state index contributed by atoms with van der Waals surface area (Å²) < 4.78 is 37.2. The van der Waals surface area contributed by atoms with Crippen LogP contribution in [0.15, 0.2) is 12.1 Å². The van der Waals surface area contributed by atoms with Crippen molar-refractivity contribution >= 4 is 12.6 Å². The van der Waals surface area contributed by atoms with Crippen molar-refractivity contribution in [2.75, 3.05) is 0 Å². The molecular formula is C13H18BF2NO2. The summed E-state index contributed by atoms with van der Waals surface area (Å²) in [4.78, 5) is 3.82. The second kappa shape index (κ2) is 4.53. The van der Waals surface area contributed by atoms with Crippen LogP contribution in [0.5, 0.6) is 0 Å². The first-order chi connectivity index (χ1) is 8.62. The van der Waals surface area contributed by atoms with E-state index in [0.717, 1.165) is 0 Å². The van der Waals surface area contributed by atoms with E-state index >= 15 is 0 Å². The number of alkyl halides is 2. The zero-order chi connectivity index (χ0) is 14.4. The van der Waals surface area contributed by atoms with E-state index in [1.165, 1.54) is 6.07 Å². The van der Waals surface area contributed by atoms with Crippen LogP contribution in [0.3, 0.4) is 0 Å². The van der Waals surface area contributed by atoms with Gasteiger partial charge in [0.25, 0.3) is 6.43 Å². The van der Waals surface area contributed by atoms with Gasteiger partial charge in [-0.3, -0.25) is 4.98 Å². The molecule has 0 unspecified atom stereocenters. The maximum atomic E-state index is 12.8. The van der Waals surface area contributed by atoms with Gasteiger partial charge in [-0.15, -0.1) is 0 Å². The molecule has 1 aliphatic heterocycles. The summed E-state index contributed by atoms with van der Waals surface area (Å²) in [6.07, 6.45) is -2.60. The molecule has 0 bridgehead atoms. The number of aryl methyl sites for hydroxylation is 1. The van der Waals surface area contributed by atoms with Crippen molar-refractivity contribution in [2.45, 2.75) is 52.2 Å². The van der Waals surface area contributed by atoms with Gasteiger partial charge in [-0.05, 0) is 52.2 Å². The fourth-order valence-electron chi connectivity index (χ4n) is 1.95. The molecule has 0 N–H and O–H groups in total. The lowest BCUT2D eigenvalue weighted by atomic mass is 9.79. The third-order valence-corrected chi connectivity index (χ3v) is 3.74. The fraction of sp³-hybridized carbons (Fsp3) is 0.615. The molecule has 1 aromatic rings. The standard InChI is InChI=1S/C13H18BF2NO2/c1-8-6-9(7-10(17-8)11(15)16)14-18-12(2,3)13(4,5)19-14/h6-7,11H,1-5H3. The van der Waals surface area contributed by atoms with Crippen LogP contribution in [-0.4, -0.2) is 23.3 Å². The Kier molecular flexibility index (Phi) is 3.43. The van der Waals surface area contributed by atoms with Gasteiger partial charge in [0, 0.05) is 5.69 Å². The minimum absolute atomic E-state index is 0.246. The van der Waals surface area contributed by atoms with Crippen LogP contribution in [0.25, 0.3) is 0 Å². The van der Waals surface area contributed by atoms with Crippen LogP contribution >= 0.6 is 0 Å². The topological polar surface area (TPSA) is 31.4 Å². The molecule has 2 rings (SSSR count). The van der Waals surface area contributed by atoms with Gasteiger partial charge in [-0.25, -0.2) is 8.78 Å². The summed E-state index contributed by atoms with van der Waals surface area (Å²) in [7, 11) is -0.635. The highest BCUT2D eigenvalue weighted by Gasteiger charge is 2.51. The minimum atomic E-state index is -2.60. The summed E-state index contributed by atoms with van der Waals surface area (Å²) in [5, 5.41) is 0. The molecule has 0 amide bonds. The Morgan fingerprint density at radius 2 is 1.63 bits per heavy atom. The molecular weight excluding hydrogens is 251 g/mol. The quantitative estimate of drug-likeness (QED) is 0.773. The van der Waals surface area contributed by atoms with E-state index < -0.39 is 24.7 Å². The van der Waals surface area contributed by atoms with Gasteiger partial charge >= 0.3 is 7.12 Å². The Balaban J connectivity index is 2.34. The number of hydrogen-bond donors (Lipinski definition) is 0. The SMILES string of the molecule is Cc1cc(B2OC(C)(C)C(C)(C)O2)cc(C(F)F)n1. The van der Waals surface area contributed by atoms with E-state index in [1.54, 1.807) is 13.0 Å². The van der Waals surface area contributed by atoms with Crippen LogP contribution in [0.2, 0.25) is 0 Å². The fourth-order valence-corrected chi connectivity index (χ4v) is 1.95. The maximum absolute atomic E-state index is 12.8. The van der Waals surface area contributed by atoms with E-state index in [4.69, 9.17) is 9.31 Å². The first-order valence-electron chi connectivity index (χ1n) is 6.25. The molecule has 1 fully saturated rings. The molecule has 0 aromatic carbocycles. The molecule has 0 saturated carbocycles. The van der Waals surface area contributed by atoms with Crippen LogP contribution in [0.1, 0.15) is 45.5 Å². The van der Waals surface area contributed by atoms with Crippen molar-refractivity contribution in [1.82, 2.24) is 4.98 Å². The van der Waals surface area contributed by atoms with E-state index in [-0.39, 0.29) is 5.69 Å². The molecule has 104 valence electrons. The van der Waals surface area contributed by atoms with E-state index in [2.05, 4.69) is 4.98 Å². The Labute approximate surface area is 112 Å². The maximum Gasteiger partial charge on any atom is 0.494 e. The highest BCUT2D eigenvalue weighted by atomic mass is 19.3. The van der Waals surface area contributed by atoms with Gasteiger partial charge in [0.05, 0.1) is 11.2 Å². The Morgan fingerprint density at radius 1 is 1.11 bits per heavy atom. The largest absolute Gasteiger partial charge is 0.494 e. The molecule has 1 aliphatic rings. The zero-order valence-electron chi connectivity index (χ0n) is 11.8. The second-order valence-electron chi connectivity index (χ2n) is 5.86. The zero-order valence-corrected chi connectivity index (χ0v) is 11.8. The summed E-state index contributed by atoms with van der Waals surface area (Å²) in [5.74, 6) is 0. The number of pyridine rings is 1. The van der Waals surface area contributed by atoms with E-state index in [0.29, 0.717) is 11.2 Å². The molecule has 0 spiro atoms. The van der Waals surface area contributed by atoms with Crippen molar-refractivity contribution in [2.24, 2.45) is 0 Å². The lowest BCUT2D eigenvalue weighted by molar-refractivity contribution is 0.00578. The lowest BCUT2D eigenvalue weighted by Crippen LogP contribution is -2.41. The van der Waals surface area contributed by atoms with Gasteiger partial charge in [0.1, 0.15) is 5.69 Å². The van der Waals surface area contributed by atoms with Crippen LogP contribution in [0.4, 0.5) is 8.78 Å². The third kappa shape index (κ3) is 2.65. The third-order valence-electron chi connectivity index (χ3n) is 3.74. The average Bonchev–Trinajstić information content (AvgIpc) is 2.47. The lowest BCUT2D eigenvalue weighted by Gasteiger charge is -2.32. The van der Waals surface area contributed by atoms with Crippen molar-refractivity contribution in [1.29, 1.82) is 0 Å². The van der Waals surface area contributed by atoms with Crippen molar-refractivity contribution in [3.8, 4) is 0 Å². The molecule has 0 aliphatic carbocycles. The van der Waals surface area contributed by atoms with Gasteiger partial charge in [-0.2, -0.15) is 0 Å². The predicted octanol–water partition coefficient (Wildman–Crippen LogP) is 2.63. The summed E-state index contributed by atoms with van der Waals surface area (Å²) in [5.41, 5.74) is -0.103. The Hall–Kier alpha value is -1.01.